The molecule has 6 aliphatic rings. The van der Waals surface area contributed by atoms with E-state index in [2.05, 4.69) is 42.4 Å². The lowest BCUT2D eigenvalue weighted by atomic mass is 9.84. The van der Waals surface area contributed by atoms with Crippen LogP contribution in [0.1, 0.15) is 82.3 Å². The van der Waals surface area contributed by atoms with Crippen LogP contribution < -0.4 is 24.8 Å². The van der Waals surface area contributed by atoms with Crippen LogP contribution >= 0.6 is 0 Å². The van der Waals surface area contributed by atoms with Crippen molar-refractivity contribution in [3.63, 3.8) is 0 Å². The van der Waals surface area contributed by atoms with Gasteiger partial charge in [-0.1, -0.05) is 12.1 Å². The summed E-state index contributed by atoms with van der Waals surface area (Å²) in [5, 5.41) is 14.5. The molecule has 0 spiro atoms. The Morgan fingerprint density at radius 1 is 0.643 bits per heavy atom. The Morgan fingerprint density at radius 2 is 1.12 bits per heavy atom. The fourth-order valence-electron chi connectivity index (χ4n) is 10.2. The molecule has 4 heterocycles. The number of hydrogen-bond acceptors (Lipinski definition) is 9. The average molecular weight is 801 g/mol. The molecule has 0 saturated carbocycles. The normalized spacial score (nSPS) is 20.6. The number of hydrogen-bond donors (Lipinski definition) is 4. The summed E-state index contributed by atoms with van der Waals surface area (Å²) in [6.45, 7) is 0.988. The number of aryl methyl sites for hydroxylation is 5. The van der Waals surface area contributed by atoms with Gasteiger partial charge in [-0.25, -0.2) is 40.6 Å². The fourth-order valence-corrected chi connectivity index (χ4v) is 12.3. The van der Waals surface area contributed by atoms with Gasteiger partial charge in [0.2, 0.25) is 5.88 Å². The summed E-state index contributed by atoms with van der Waals surface area (Å²) in [4.78, 5) is 26.2. The van der Waals surface area contributed by atoms with Crippen molar-refractivity contribution in [1.29, 1.82) is 0 Å². The topological polar surface area (TPSA) is 195 Å². The molecule has 2 aromatic carbocycles. The van der Waals surface area contributed by atoms with E-state index in [9.17, 15) is 26.4 Å². The molecule has 4 N–H and O–H groups in total. The van der Waals surface area contributed by atoms with Crippen LogP contribution in [0.3, 0.4) is 0 Å². The minimum Gasteiger partial charge on any atom is -0.476 e. The minimum atomic E-state index is -4.33. The van der Waals surface area contributed by atoms with E-state index >= 15 is 0 Å². The summed E-state index contributed by atoms with van der Waals surface area (Å²) in [6, 6.07) is 2.89. The van der Waals surface area contributed by atoms with Crippen molar-refractivity contribution in [1.82, 2.24) is 29.0 Å². The third-order valence-corrected chi connectivity index (χ3v) is 15.5. The number of urea groups is 2. The average Bonchev–Trinajstić information content (AvgIpc) is 4.01. The molecule has 0 radical (unpaired) electrons. The van der Waals surface area contributed by atoms with Crippen molar-refractivity contribution in [2.45, 2.75) is 113 Å². The number of rotatable bonds is 7. The molecule has 2 aromatic heterocycles. The van der Waals surface area contributed by atoms with Crippen LogP contribution in [0, 0.1) is 11.8 Å². The van der Waals surface area contributed by atoms with Crippen molar-refractivity contribution < 1.29 is 31.2 Å². The monoisotopic (exact) mass is 800 g/mol. The van der Waals surface area contributed by atoms with E-state index in [1.807, 2.05) is 0 Å². The Labute approximate surface area is 325 Å². The zero-order valence-electron chi connectivity index (χ0n) is 30.9. The summed E-state index contributed by atoms with van der Waals surface area (Å²) in [6.07, 6.45) is 14.8. The van der Waals surface area contributed by atoms with E-state index in [1.54, 1.807) is 4.68 Å². The van der Waals surface area contributed by atoms with E-state index in [-0.39, 0.29) is 34.1 Å². The molecule has 4 aromatic rings. The summed E-state index contributed by atoms with van der Waals surface area (Å²) in [7, 11) is -8.59. The SMILES string of the molecule is O=C(Nc1c2c(cc3c1CCC3)CCC2)NS(=O)(=O)c1cnn2c1CC(C1COc3c(S(=O)(=O)NC(=O)Nc4c5c(cc6c4CCC6)CCC5)cnn3C1)CC2. The van der Waals surface area contributed by atoms with Crippen molar-refractivity contribution in [2.75, 3.05) is 17.2 Å². The fraction of sp³-hybridized carbons (Fsp3) is 0.487. The summed E-state index contributed by atoms with van der Waals surface area (Å²) >= 11 is 0. The van der Waals surface area contributed by atoms with Gasteiger partial charge in [0.05, 0.1) is 31.2 Å². The van der Waals surface area contributed by atoms with Gasteiger partial charge in [-0.15, -0.1) is 0 Å². The number of sulfonamides is 2. The van der Waals surface area contributed by atoms with Crippen molar-refractivity contribution in [3.8, 4) is 5.88 Å². The van der Waals surface area contributed by atoms with E-state index in [4.69, 9.17) is 4.74 Å². The lowest BCUT2D eigenvalue weighted by molar-refractivity contribution is 0.102. The first kappa shape index (κ1) is 35.5. The molecule has 0 fully saturated rings. The highest BCUT2D eigenvalue weighted by Gasteiger charge is 2.38. The van der Waals surface area contributed by atoms with Crippen LogP contribution in [-0.4, -0.2) is 55.1 Å². The smallest absolute Gasteiger partial charge is 0.333 e. The summed E-state index contributed by atoms with van der Waals surface area (Å²) in [5.74, 6) is -0.0987. The van der Waals surface area contributed by atoms with Gasteiger partial charge in [0, 0.05) is 23.8 Å². The maximum Gasteiger partial charge on any atom is 0.333 e. The third-order valence-electron chi connectivity index (χ3n) is 12.8. The maximum absolute atomic E-state index is 13.7. The van der Waals surface area contributed by atoms with Gasteiger partial charge in [-0.2, -0.15) is 10.2 Å². The highest BCUT2D eigenvalue weighted by atomic mass is 32.2. The van der Waals surface area contributed by atoms with Crippen LogP contribution in [-0.2, 0) is 90.9 Å². The molecule has 15 nitrogen and oxygen atoms in total. The molecule has 294 valence electrons. The van der Waals surface area contributed by atoms with Gasteiger partial charge in [0.25, 0.3) is 20.0 Å². The second-order valence-corrected chi connectivity index (χ2v) is 19.4. The molecule has 4 amide bonds. The third kappa shape index (κ3) is 6.04. The maximum atomic E-state index is 13.7. The predicted molar refractivity (Wildman–Crippen MR) is 205 cm³/mol. The second kappa shape index (κ2) is 13.4. The van der Waals surface area contributed by atoms with E-state index in [0.717, 1.165) is 111 Å². The largest absolute Gasteiger partial charge is 0.476 e. The molecule has 0 bridgehead atoms. The molecule has 10 rings (SSSR count). The number of amides is 4. The minimum absolute atomic E-state index is 0.0351. The van der Waals surface area contributed by atoms with Crippen molar-refractivity contribution in [2.24, 2.45) is 11.8 Å². The van der Waals surface area contributed by atoms with Gasteiger partial charge in [-0.05, 0) is 140 Å². The second-order valence-electron chi connectivity index (χ2n) is 16.1. The lowest BCUT2D eigenvalue weighted by Gasteiger charge is -2.34. The number of benzene rings is 2. The van der Waals surface area contributed by atoms with Gasteiger partial charge in [-0.3, -0.25) is 4.68 Å². The zero-order valence-corrected chi connectivity index (χ0v) is 32.6. The Balaban J connectivity index is 0.809. The Morgan fingerprint density at radius 3 is 1.66 bits per heavy atom. The molecule has 17 heteroatoms. The first-order valence-electron chi connectivity index (χ1n) is 19.8. The van der Waals surface area contributed by atoms with Crippen LogP contribution in [0.2, 0.25) is 0 Å². The van der Waals surface area contributed by atoms with Crippen molar-refractivity contribution in [3.05, 3.63) is 74.7 Å². The summed E-state index contributed by atoms with van der Waals surface area (Å²) in [5.41, 5.74) is 11.4. The number of anilines is 2. The van der Waals surface area contributed by atoms with Gasteiger partial charge in [0.1, 0.15) is 4.90 Å². The quantitative estimate of drug-likeness (QED) is 0.211. The Hall–Kier alpha value is -4.90. The zero-order chi connectivity index (χ0) is 38.3. The standard InChI is InChI=1S/C39H44N8O7S2/c48-38(42-35-28-9-1-5-23(28)15-24-6-2-10-29(24)35)44-55(50,51)33-18-40-46-14-13-22(17-32(33)46)27-20-47-37(54-21-27)34(19-41-47)56(52,53)45-39(49)43-36-30-11-3-7-25(30)16-26-8-4-12-31(26)36/h15-16,18-19,22,27H,1-14,17,20-21H2,(H2,42,44,48)(H2,43,45,49). The van der Waals surface area contributed by atoms with Crippen LogP contribution in [0.4, 0.5) is 21.0 Å². The van der Waals surface area contributed by atoms with Crippen molar-refractivity contribution >= 4 is 43.5 Å². The first-order valence-corrected chi connectivity index (χ1v) is 22.7. The number of aromatic nitrogens is 4. The molecule has 2 atom stereocenters. The van der Waals surface area contributed by atoms with E-state index in [0.29, 0.717) is 31.6 Å². The predicted octanol–water partition coefficient (Wildman–Crippen LogP) is 4.33. The Bertz CT molecular complexity index is 2500. The molecular formula is C39H44N8O7S2. The number of ether oxygens (including phenoxy) is 1. The highest BCUT2D eigenvalue weighted by molar-refractivity contribution is 7.90. The molecule has 2 unspecified atom stereocenters. The molecule has 56 heavy (non-hydrogen) atoms. The number of nitrogens with one attached hydrogen (secondary N) is 4. The molecule has 4 aliphatic carbocycles. The van der Waals surface area contributed by atoms with Crippen LogP contribution in [0.25, 0.3) is 0 Å². The van der Waals surface area contributed by atoms with Crippen LogP contribution in [0.5, 0.6) is 5.88 Å². The van der Waals surface area contributed by atoms with Gasteiger partial charge < -0.3 is 15.4 Å². The molecule has 2 aliphatic heterocycles. The lowest BCUT2D eigenvalue weighted by Crippen LogP contribution is -2.38. The Kier molecular flexibility index (Phi) is 8.47. The number of nitrogens with zero attached hydrogens (tertiary/aromatic N) is 4. The van der Waals surface area contributed by atoms with Gasteiger partial charge >= 0.3 is 12.1 Å². The summed E-state index contributed by atoms with van der Waals surface area (Å²) < 4.78 is 68.1. The molecular weight excluding hydrogens is 757 g/mol. The van der Waals surface area contributed by atoms with E-state index in [1.165, 1.54) is 39.3 Å². The van der Waals surface area contributed by atoms with Crippen LogP contribution in [0.15, 0.2) is 34.3 Å². The number of carbonyl (C=O) groups is 2. The molecule has 0 saturated heterocycles. The van der Waals surface area contributed by atoms with Gasteiger partial charge in [0.15, 0.2) is 4.90 Å². The highest BCUT2D eigenvalue weighted by Crippen LogP contribution is 2.41. The van der Waals surface area contributed by atoms with E-state index < -0.39 is 32.1 Å². The number of carbonyl (C=O) groups excluding carboxylic acids is 2. The first-order chi connectivity index (χ1) is 27.0. The number of fused-ring (bicyclic) bond motifs is 6.